The highest BCUT2D eigenvalue weighted by atomic mass is 31.2. The monoisotopic (exact) mass is 284 g/mol. The largest absolute Gasteiger partial charge is 0.449 e. The number of nitrogens with two attached hydrogens (primary N) is 1. The lowest BCUT2D eigenvalue weighted by Crippen LogP contribution is -1.97. The zero-order valence-corrected chi connectivity index (χ0v) is 11.2. The molecule has 2 bridgehead atoms. The van der Waals surface area contributed by atoms with Crippen molar-refractivity contribution in [3.63, 3.8) is 0 Å². The van der Waals surface area contributed by atoms with Crippen molar-refractivity contribution in [3.05, 3.63) is 41.7 Å². The average Bonchev–Trinajstić information content (AvgIpc) is 2.99. The molecule has 1 aromatic carbocycles. The number of anilines is 1. The second-order valence-electron chi connectivity index (χ2n) is 5.03. The fourth-order valence-electron chi connectivity index (χ4n) is 2.71. The predicted molar refractivity (Wildman–Crippen MR) is 74.4 cm³/mol. The van der Waals surface area contributed by atoms with Crippen LogP contribution in [0.15, 0.2) is 39.2 Å². The van der Waals surface area contributed by atoms with Gasteiger partial charge in [-0.3, -0.25) is 0 Å². The fraction of sp³-hybridized carbons (Fsp3) is 0.0714. The summed E-state index contributed by atoms with van der Waals surface area (Å²) in [6.07, 6.45) is 0.579. The number of furan rings is 1. The van der Waals surface area contributed by atoms with E-state index in [4.69, 9.17) is 14.6 Å². The third-order valence-corrected chi connectivity index (χ3v) is 6.35. The minimum absolute atomic E-state index is 0.106. The van der Waals surface area contributed by atoms with Crippen LogP contribution in [0.2, 0.25) is 0 Å². The summed E-state index contributed by atoms with van der Waals surface area (Å²) in [7, 11) is -2.24. The van der Waals surface area contributed by atoms with E-state index in [2.05, 4.69) is 4.98 Å². The van der Waals surface area contributed by atoms with Gasteiger partial charge < -0.3 is 19.1 Å². The number of benzene rings is 1. The molecule has 0 fully saturated rings. The number of rotatable bonds is 3. The Labute approximate surface area is 113 Å². The van der Waals surface area contributed by atoms with Gasteiger partial charge in [0.1, 0.15) is 5.76 Å². The average molecular weight is 284 g/mol. The maximum atomic E-state index is 12.0. The molecule has 2 aromatic heterocycles. The van der Waals surface area contributed by atoms with Gasteiger partial charge in [0.15, 0.2) is 17.0 Å². The molecule has 0 aliphatic carbocycles. The van der Waals surface area contributed by atoms with E-state index in [0.717, 1.165) is 16.2 Å². The summed E-state index contributed by atoms with van der Waals surface area (Å²) in [6.45, 7) is 0. The SMILES string of the molecule is Nc1nc(-c2oc3c4c2P34=O)c(Cc2ccccc2)o1. The van der Waals surface area contributed by atoms with Gasteiger partial charge in [0.2, 0.25) is 7.14 Å². The molecule has 5 nitrogen and oxygen atoms in total. The Morgan fingerprint density at radius 1 is 1.15 bits per heavy atom. The van der Waals surface area contributed by atoms with Crippen LogP contribution >= 0.6 is 7.14 Å². The molecule has 6 heteroatoms. The van der Waals surface area contributed by atoms with E-state index < -0.39 is 7.14 Å². The molecule has 0 spiro atoms. The first-order valence-corrected chi connectivity index (χ1v) is 7.98. The molecule has 1 atom stereocenters. The van der Waals surface area contributed by atoms with E-state index in [1.165, 1.54) is 0 Å². The van der Waals surface area contributed by atoms with Gasteiger partial charge in [-0.1, -0.05) is 30.3 Å². The summed E-state index contributed by atoms with van der Waals surface area (Å²) in [5.41, 5.74) is 8.01. The lowest BCUT2D eigenvalue weighted by atomic mass is 10.1. The Hall–Kier alpha value is -2.26. The van der Waals surface area contributed by atoms with Crippen molar-refractivity contribution >= 4 is 29.3 Å². The van der Waals surface area contributed by atoms with Crippen LogP contribution in [0.25, 0.3) is 11.5 Å². The van der Waals surface area contributed by atoms with Crippen LogP contribution in [0.5, 0.6) is 0 Å². The van der Waals surface area contributed by atoms with Crippen molar-refractivity contribution in [3.8, 4) is 11.5 Å². The van der Waals surface area contributed by atoms with E-state index in [1.807, 2.05) is 30.3 Å². The van der Waals surface area contributed by atoms with Crippen molar-refractivity contribution in [2.45, 2.75) is 6.42 Å². The first-order chi connectivity index (χ1) is 9.69. The molecule has 0 saturated carbocycles. The molecule has 98 valence electrons. The van der Waals surface area contributed by atoms with E-state index >= 15 is 0 Å². The standard InChI is InChI=1S/C14H9N2O3P/c15-14-16-9(10-11-12-13(19-10)20(11,12)17)8(18-14)6-7-4-2-1-3-5-7/h1-5H,6H2,(H2,15,16). The zero-order valence-electron chi connectivity index (χ0n) is 10.3. The van der Waals surface area contributed by atoms with E-state index in [-0.39, 0.29) is 6.01 Å². The summed E-state index contributed by atoms with van der Waals surface area (Å²) in [5, 5.41) is 1.76. The van der Waals surface area contributed by atoms with E-state index in [1.54, 1.807) is 0 Å². The number of hydrogen-bond acceptors (Lipinski definition) is 5. The molecule has 2 N–H and O–H groups in total. The first-order valence-electron chi connectivity index (χ1n) is 6.27. The molecular weight excluding hydrogens is 275 g/mol. The van der Waals surface area contributed by atoms with Gasteiger partial charge >= 0.3 is 0 Å². The molecule has 5 heterocycles. The highest BCUT2D eigenvalue weighted by Gasteiger charge is 2.75. The summed E-state index contributed by atoms with van der Waals surface area (Å²) in [5.74, 6) is 1.24. The highest BCUT2D eigenvalue weighted by Crippen LogP contribution is 2.70. The number of nitrogens with zero attached hydrogens (tertiary/aromatic N) is 1. The second kappa shape index (κ2) is 3.07. The normalized spacial score (nSPS) is 20.8. The smallest absolute Gasteiger partial charge is 0.292 e. The Morgan fingerprint density at radius 2 is 1.90 bits per heavy atom. The minimum atomic E-state index is -2.24. The zero-order chi connectivity index (χ0) is 13.5. The topological polar surface area (TPSA) is 82.3 Å². The van der Waals surface area contributed by atoms with E-state index in [0.29, 0.717) is 29.1 Å². The third-order valence-electron chi connectivity index (χ3n) is 3.79. The van der Waals surface area contributed by atoms with Crippen LogP contribution in [-0.2, 0) is 11.0 Å². The summed E-state index contributed by atoms with van der Waals surface area (Å²) in [6, 6.07) is 10.0. The number of aromatic nitrogens is 1. The maximum absolute atomic E-state index is 12.0. The van der Waals surface area contributed by atoms with Crippen LogP contribution in [-0.4, -0.2) is 4.98 Å². The number of fused-ring (bicyclic) bond motifs is 1. The first kappa shape index (κ1) is 10.5. The summed E-state index contributed by atoms with van der Waals surface area (Å²) >= 11 is 0. The molecule has 6 rings (SSSR count). The van der Waals surface area contributed by atoms with E-state index in [9.17, 15) is 4.57 Å². The molecule has 20 heavy (non-hydrogen) atoms. The lowest BCUT2D eigenvalue weighted by molar-refractivity contribution is 0.533. The van der Waals surface area contributed by atoms with Crippen molar-refractivity contribution in [1.29, 1.82) is 0 Å². The van der Waals surface area contributed by atoms with Crippen LogP contribution < -0.4 is 21.8 Å². The second-order valence-corrected chi connectivity index (χ2v) is 7.55. The summed E-state index contributed by atoms with van der Waals surface area (Å²) < 4.78 is 23.1. The van der Waals surface area contributed by atoms with Gasteiger partial charge in [-0.25, -0.2) is 0 Å². The number of hydrogen-bond donors (Lipinski definition) is 1. The van der Waals surface area contributed by atoms with Crippen molar-refractivity contribution in [2.24, 2.45) is 0 Å². The van der Waals surface area contributed by atoms with Crippen LogP contribution in [0, 0.1) is 0 Å². The van der Waals surface area contributed by atoms with Gasteiger partial charge in [-0.05, 0) is 5.56 Å². The van der Waals surface area contributed by atoms with Gasteiger partial charge in [0.25, 0.3) is 6.01 Å². The molecule has 0 saturated heterocycles. The molecule has 3 aromatic rings. The van der Waals surface area contributed by atoms with Gasteiger partial charge in [-0.2, -0.15) is 4.98 Å². The number of oxazole rings is 1. The van der Waals surface area contributed by atoms with Crippen LogP contribution in [0.4, 0.5) is 6.01 Å². The van der Waals surface area contributed by atoms with Gasteiger partial charge in [0.05, 0.1) is 10.6 Å². The predicted octanol–water partition coefficient (Wildman–Crippen LogP) is 1.37. The molecule has 1 unspecified atom stereocenters. The summed E-state index contributed by atoms with van der Waals surface area (Å²) in [4.78, 5) is 4.19. The highest BCUT2D eigenvalue weighted by molar-refractivity contribution is 8.06. The molecule has 0 amide bonds. The minimum Gasteiger partial charge on any atom is -0.449 e. The van der Waals surface area contributed by atoms with Crippen molar-refractivity contribution in [2.75, 3.05) is 5.73 Å². The Morgan fingerprint density at radius 3 is 2.55 bits per heavy atom. The molecular formula is C14H9N2O3P. The van der Waals surface area contributed by atoms with Gasteiger partial charge in [-0.15, -0.1) is 0 Å². The van der Waals surface area contributed by atoms with Crippen LogP contribution in [0.1, 0.15) is 11.3 Å². The third kappa shape index (κ3) is 1.10. The fourth-order valence-corrected chi connectivity index (χ4v) is 5.19. The maximum Gasteiger partial charge on any atom is 0.292 e. The number of nitrogen functional groups attached to an aromatic ring is 1. The van der Waals surface area contributed by atoms with Crippen molar-refractivity contribution in [1.82, 2.24) is 4.98 Å². The quantitative estimate of drug-likeness (QED) is 0.506. The molecule has 3 aliphatic rings. The Kier molecular flexibility index (Phi) is 1.62. The Bertz CT molecular complexity index is 915. The van der Waals surface area contributed by atoms with Crippen molar-refractivity contribution < 1.29 is 13.4 Å². The van der Waals surface area contributed by atoms with Gasteiger partial charge in [0, 0.05) is 6.42 Å². The molecule has 3 aliphatic heterocycles. The molecule has 0 radical (unpaired) electrons. The Balaban J connectivity index is 1.60. The van der Waals surface area contributed by atoms with Crippen LogP contribution in [0.3, 0.4) is 0 Å². The lowest BCUT2D eigenvalue weighted by Gasteiger charge is -1.99.